The van der Waals surface area contributed by atoms with Gasteiger partial charge in [0, 0.05) is 11.8 Å². The highest BCUT2D eigenvalue weighted by atomic mass is 19.1. The van der Waals surface area contributed by atoms with Gasteiger partial charge in [-0.2, -0.15) is 9.50 Å². The number of halogens is 1. The van der Waals surface area contributed by atoms with Crippen molar-refractivity contribution < 1.29 is 14.2 Å². The maximum absolute atomic E-state index is 13.0. The number of nitrogens with zero attached hydrogens (tertiary/aromatic N) is 3. The minimum Gasteiger partial charge on any atom is -0.474 e. The minimum absolute atomic E-state index is 0.0757. The molecule has 25 heavy (non-hydrogen) atoms. The number of nitrogens with one attached hydrogen (secondary N) is 1. The molecule has 0 atom stereocenters. The van der Waals surface area contributed by atoms with E-state index in [1.807, 2.05) is 18.2 Å². The van der Waals surface area contributed by atoms with E-state index in [1.165, 1.54) is 12.1 Å². The van der Waals surface area contributed by atoms with Gasteiger partial charge in [0.25, 0.3) is 0 Å². The van der Waals surface area contributed by atoms with Crippen molar-refractivity contribution in [1.29, 1.82) is 0 Å². The van der Waals surface area contributed by atoms with Crippen molar-refractivity contribution in [2.45, 2.75) is 37.9 Å². The summed E-state index contributed by atoms with van der Waals surface area (Å²) in [5.74, 6) is 0.752. The third-order valence-electron chi connectivity index (χ3n) is 4.36. The fourth-order valence-corrected chi connectivity index (χ4v) is 3.02. The number of aliphatic hydroxyl groups excluding tert-OH is 1. The van der Waals surface area contributed by atoms with Crippen LogP contribution in [0.4, 0.5) is 16.0 Å². The third kappa shape index (κ3) is 3.56. The molecular formula is C18H19FN4O2. The Balaban J connectivity index is 1.54. The average molecular weight is 342 g/mol. The summed E-state index contributed by atoms with van der Waals surface area (Å²) in [4.78, 5) is 4.42. The van der Waals surface area contributed by atoms with E-state index in [1.54, 1.807) is 16.6 Å². The zero-order chi connectivity index (χ0) is 17.2. The zero-order valence-corrected chi connectivity index (χ0v) is 13.6. The number of hydrogen-bond donors (Lipinski definition) is 2. The minimum atomic E-state index is -0.290. The molecule has 7 heteroatoms. The predicted molar refractivity (Wildman–Crippen MR) is 91.6 cm³/mol. The van der Waals surface area contributed by atoms with Crippen LogP contribution in [-0.4, -0.2) is 31.9 Å². The van der Waals surface area contributed by atoms with Gasteiger partial charge >= 0.3 is 0 Å². The number of rotatable bonds is 4. The van der Waals surface area contributed by atoms with Gasteiger partial charge in [-0.15, -0.1) is 5.10 Å². The Kier molecular flexibility index (Phi) is 4.23. The second-order valence-electron chi connectivity index (χ2n) is 6.25. The maximum atomic E-state index is 13.0. The number of hydrogen-bond acceptors (Lipinski definition) is 5. The number of ether oxygens (including phenoxy) is 1. The van der Waals surface area contributed by atoms with Gasteiger partial charge in [0.15, 0.2) is 5.65 Å². The first kappa shape index (κ1) is 15.8. The highest BCUT2D eigenvalue weighted by Gasteiger charge is 2.21. The van der Waals surface area contributed by atoms with Crippen molar-refractivity contribution in [3.63, 3.8) is 0 Å². The molecule has 0 bridgehead atoms. The molecule has 2 N–H and O–H groups in total. The van der Waals surface area contributed by atoms with Crippen molar-refractivity contribution in [1.82, 2.24) is 14.6 Å². The molecule has 0 unspecified atom stereocenters. The summed E-state index contributed by atoms with van der Waals surface area (Å²) in [6, 6.07) is 11.6. The molecule has 1 saturated carbocycles. The molecule has 4 rings (SSSR count). The lowest BCUT2D eigenvalue weighted by Crippen LogP contribution is -2.27. The first-order valence-corrected chi connectivity index (χ1v) is 8.40. The molecule has 2 heterocycles. The predicted octanol–water partition coefficient (Wildman–Crippen LogP) is 3.29. The van der Waals surface area contributed by atoms with Crippen LogP contribution in [0.5, 0.6) is 5.88 Å². The topological polar surface area (TPSA) is 71.7 Å². The molecule has 1 aromatic carbocycles. The van der Waals surface area contributed by atoms with Gasteiger partial charge in [-0.1, -0.05) is 6.07 Å². The second kappa shape index (κ2) is 6.68. The van der Waals surface area contributed by atoms with Crippen LogP contribution in [0.1, 0.15) is 25.7 Å². The Labute approximate surface area is 144 Å². The summed E-state index contributed by atoms with van der Waals surface area (Å²) >= 11 is 0. The molecule has 6 nitrogen and oxygen atoms in total. The van der Waals surface area contributed by atoms with Crippen LogP contribution in [0.25, 0.3) is 5.65 Å². The van der Waals surface area contributed by atoms with Gasteiger partial charge in [0.1, 0.15) is 11.9 Å². The second-order valence-corrected chi connectivity index (χ2v) is 6.25. The summed E-state index contributed by atoms with van der Waals surface area (Å²) in [6.07, 6.45) is 3.03. The highest BCUT2D eigenvalue weighted by molar-refractivity contribution is 5.56. The van der Waals surface area contributed by atoms with E-state index in [0.29, 0.717) is 23.2 Å². The van der Waals surface area contributed by atoms with E-state index in [2.05, 4.69) is 15.4 Å². The van der Waals surface area contributed by atoms with Crippen LogP contribution in [0.2, 0.25) is 0 Å². The van der Waals surface area contributed by atoms with Crippen molar-refractivity contribution in [3.8, 4) is 5.88 Å². The largest absolute Gasteiger partial charge is 0.474 e. The standard InChI is InChI=1S/C18H19FN4O2/c19-12-4-6-13(7-5-12)20-18-21-16-2-1-3-17(23(16)22-18)25-15-10-8-14(24)9-11-15/h1-7,14-15,24H,8-11H2,(H,20,22). The Morgan fingerprint density at radius 1 is 1.08 bits per heavy atom. The zero-order valence-electron chi connectivity index (χ0n) is 13.6. The fourth-order valence-electron chi connectivity index (χ4n) is 3.02. The van der Waals surface area contributed by atoms with Crippen molar-refractivity contribution in [3.05, 3.63) is 48.3 Å². The van der Waals surface area contributed by atoms with E-state index in [4.69, 9.17) is 4.74 Å². The number of aliphatic hydroxyl groups is 1. The van der Waals surface area contributed by atoms with E-state index in [-0.39, 0.29) is 18.0 Å². The molecule has 2 aromatic heterocycles. The van der Waals surface area contributed by atoms with Crippen LogP contribution in [-0.2, 0) is 0 Å². The smallest absolute Gasteiger partial charge is 0.247 e. The van der Waals surface area contributed by atoms with Crippen molar-refractivity contribution in [2.24, 2.45) is 0 Å². The number of benzene rings is 1. The van der Waals surface area contributed by atoms with Gasteiger partial charge < -0.3 is 15.2 Å². The maximum Gasteiger partial charge on any atom is 0.247 e. The Morgan fingerprint density at radius 2 is 1.84 bits per heavy atom. The lowest BCUT2D eigenvalue weighted by atomic mass is 9.95. The molecule has 1 fully saturated rings. The molecular weight excluding hydrogens is 323 g/mol. The molecule has 0 aliphatic heterocycles. The van der Waals surface area contributed by atoms with Gasteiger partial charge in [-0.25, -0.2) is 4.39 Å². The number of fused-ring (bicyclic) bond motifs is 1. The summed E-state index contributed by atoms with van der Waals surface area (Å²) in [6.45, 7) is 0. The quantitative estimate of drug-likeness (QED) is 0.761. The van der Waals surface area contributed by atoms with Gasteiger partial charge in [-0.05, 0) is 56.0 Å². The third-order valence-corrected chi connectivity index (χ3v) is 4.36. The highest BCUT2D eigenvalue weighted by Crippen LogP contribution is 2.25. The molecule has 3 aromatic rings. The van der Waals surface area contributed by atoms with Crippen LogP contribution < -0.4 is 10.1 Å². The van der Waals surface area contributed by atoms with Crippen LogP contribution in [0.15, 0.2) is 42.5 Å². The number of anilines is 2. The lowest BCUT2D eigenvalue weighted by Gasteiger charge is -2.26. The summed E-state index contributed by atoms with van der Waals surface area (Å²) in [7, 11) is 0. The lowest BCUT2D eigenvalue weighted by molar-refractivity contribution is 0.0632. The van der Waals surface area contributed by atoms with E-state index in [9.17, 15) is 9.50 Å². The Morgan fingerprint density at radius 3 is 2.60 bits per heavy atom. The van der Waals surface area contributed by atoms with Gasteiger partial charge in [-0.3, -0.25) is 0 Å². The SMILES string of the molecule is OC1CCC(Oc2cccc3nc(Nc4ccc(F)cc4)nn23)CC1. The molecule has 1 aliphatic carbocycles. The normalized spacial score (nSPS) is 20.6. The van der Waals surface area contributed by atoms with Crippen molar-refractivity contribution in [2.75, 3.05) is 5.32 Å². The molecule has 0 saturated heterocycles. The molecule has 0 amide bonds. The molecule has 130 valence electrons. The first-order chi connectivity index (χ1) is 12.2. The van der Waals surface area contributed by atoms with E-state index in [0.717, 1.165) is 25.7 Å². The van der Waals surface area contributed by atoms with Crippen molar-refractivity contribution >= 4 is 17.3 Å². The van der Waals surface area contributed by atoms with E-state index < -0.39 is 0 Å². The number of aromatic nitrogens is 3. The first-order valence-electron chi connectivity index (χ1n) is 8.40. The number of pyridine rings is 1. The Hall–Kier alpha value is -2.67. The summed E-state index contributed by atoms with van der Waals surface area (Å²) in [5.41, 5.74) is 1.37. The Bertz CT molecular complexity index is 857. The molecule has 1 aliphatic rings. The summed E-state index contributed by atoms with van der Waals surface area (Å²) in [5, 5.41) is 17.1. The summed E-state index contributed by atoms with van der Waals surface area (Å²) < 4.78 is 20.7. The van der Waals surface area contributed by atoms with Gasteiger partial charge in [0.05, 0.1) is 6.10 Å². The van der Waals surface area contributed by atoms with Crippen LogP contribution in [0, 0.1) is 5.82 Å². The molecule has 0 radical (unpaired) electrons. The fraction of sp³-hybridized carbons (Fsp3) is 0.333. The average Bonchev–Trinajstić information content (AvgIpc) is 3.02. The van der Waals surface area contributed by atoms with Gasteiger partial charge in [0.2, 0.25) is 11.8 Å². The van der Waals surface area contributed by atoms with Crippen LogP contribution in [0.3, 0.4) is 0 Å². The van der Waals surface area contributed by atoms with E-state index >= 15 is 0 Å². The monoisotopic (exact) mass is 342 g/mol. The molecule has 0 spiro atoms. The van der Waals surface area contributed by atoms with Crippen LogP contribution >= 0.6 is 0 Å².